The topological polar surface area (TPSA) is 59.4 Å². The van der Waals surface area contributed by atoms with Gasteiger partial charge in [-0.05, 0) is 0 Å². The summed E-state index contributed by atoms with van der Waals surface area (Å²) < 4.78 is 5.42. The summed E-state index contributed by atoms with van der Waals surface area (Å²) in [5, 5.41) is 9.47. The smallest absolute Gasteiger partial charge is 0.349 e. The van der Waals surface area contributed by atoms with Crippen molar-refractivity contribution in [1.82, 2.24) is 4.98 Å². The van der Waals surface area contributed by atoms with Gasteiger partial charge in [-0.3, -0.25) is 4.98 Å². The molecule has 0 aliphatic carbocycles. The third-order valence-electron chi connectivity index (χ3n) is 2.31. The number of carboxylic acid groups (broad SMARTS) is 1. The monoisotopic (exact) mass is 263 g/mol. The summed E-state index contributed by atoms with van der Waals surface area (Å²) in [7, 11) is 0. The lowest BCUT2D eigenvalue weighted by molar-refractivity contribution is -0.145. The summed E-state index contributed by atoms with van der Waals surface area (Å²) in [5.74, 6) is -0.781. The van der Waals surface area contributed by atoms with E-state index in [9.17, 15) is 9.90 Å². The third kappa shape index (κ3) is 2.78. The predicted octanol–water partition coefficient (Wildman–Crippen LogP) is 2.94. The van der Waals surface area contributed by atoms with E-state index in [4.69, 9.17) is 16.3 Å². The number of hydrogen-bond acceptors (Lipinski definition) is 3. The van der Waals surface area contributed by atoms with Crippen molar-refractivity contribution in [2.45, 2.75) is 6.10 Å². The van der Waals surface area contributed by atoms with Crippen LogP contribution in [-0.2, 0) is 4.79 Å². The van der Waals surface area contributed by atoms with Crippen LogP contribution in [0.4, 0.5) is 0 Å². The Hall–Kier alpha value is -2.07. The van der Waals surface area contributed by atoms with Gasteiger partial charge in [0, 0.05) is 24.0 Å². The van der Waals surface area contributed by atoms with Gasteiger partial charge in [0.25, 0.3) is 0 Å². The molecule has 2 aromatic rings. The number of ether oxygens (including phenoxy) is 1. The maximum Gasteiger partial charge on any atom is 0.349 e. The first-order valence-corrected chi connectivity index (χ1v) is 5.60. The zero-order valence-corrected chi connectivity index (χ0v) is 10.0. The van der Waals surface area contributed by atoms with Gasteiger partial charge in [0.05, 0.1) is 0 Å². The van der Waals surface area contributed by atoms with Crippen LogP contribution in [0.3, 0.4) is 0 Å². The molecule has 1 unspecified atom stereocenters. The molecule has 0 spiro atoms. The van der Waals surface area contributed by atoms with E-state index in [0.29, 0.717) is 11.3 Å². The third-order valence-corrected chi connectivity index (χ3v) is 2.59. The fourth-order valence-electron chi connectivity index (χ4n) is 1.47. The fraction of sp³-hybridized carbons (Fsp3) is 0.0769. The lowest BCUT2D eigenvalue weighted by Gasteiger charge is -2.15. The molecule has 0 saturated carbocycles. The molecule has 0 aliphatic heterocycles. The number of carbonyl (C=O) groups is 1. The van der Waals surface area contributed by atoms with E-state index in [-0.39, 0.29) is 5.02 Å². The van der Waals surface area contributed by atoms with Gasteiger partial charge < -0.3 is 9.84 Å². The zero-order chi connectivity index (χ0) is 13.0. The van der Waals surface area contributed by atoms with Gasteiger partial charge in [-0.25, -0.2) is 4.79 Å². The van der Waals surface area contributed by atoms with Gasteiger partial charge >= 0.3 is 5.97 Å². The molecule has 5 heteroatoms. The normalized spacial score (nSPS) is 11.8. The highest BCUT2D eigenvalue weighted by molar-refractivity contribution is 6.31. The molecule has 1 atom stereocenters. The number of hydrogen-bond donors (Lipinski definition) is 1. The van der Waals surface area contributed by atoms with Crippen molar-refractivity contribution in [3.8, 4) is 5.75 Å². The van der Waals surface area contributed by atoms with Gasteiger partial charge in [-0.1, -0.05) is 41.9 Å². The summed E-state index contributed by atoms with van der Waals surface area (Å²) in [4.78, 5) is 15.0. The van der Waals surface area contributed by atoms with Gasteiger partial charge in [-0.15, -0.1) is 0 Å². The highest BCUT2D eigenvalue weighted by Gasteiger charge is 2.22. The second-order valence-corrected chi connectivity index (χ2v) is 3.96. The Morgan fingerprint density at radius 1 is 1.28 bits per heavy atom. The molecule has 0 bridgehead atoms. The van der Waals surface area contributed by atoms with E-state index in [1.54, 1.807) is 24.3 Å². The largest absolute Gasteiger partial charge is 0.478 e. The minimum absolute atomic E-state index is 0.277. The predicted molar refractivity (Wildman–Crippen MR) is 66.7 cm³/mol. The summed E-state index contributed by atoms with van der Waals surface area (Å²) >= 11 is 5.88. The SMILES string of the molecule is O=C(O)C(Oc1ccncc1Cl)c1ccccc1. The van der Waals surface area contributed by atoms with Crippen molar-refractivity contribution < 1.29 is 14.6 Å². The van der Waals surface area contributed by atoms with Crippen LogP contribution in [0, 0.1) is 0 Å². The molecule has 1 aromatic carbocycles. The van der Waals surface area contributed by atoms with Gasteiger partial charge in [0.1, 0.15) is 10.8 Å². The Labute approximate surface area is 109 Å². The van der Waals surface area contributed by atoms with E-state index < -0.39 is 12.1 Å². The minimum atomic E-state index is -1.09. The van der Waals surface area contributed by atoms with Crippen molar-refractivity contribution in [3.63, 3.8) is 0 Å². The van der Waals surface area contributed by atoms with Crippen LogP contribution < -0.4 is 4.74 Å². The van der Waals surface area contributed by atoms with Crippen LogP contribution in [0.1, 0.15) is 11.7 Å². The maximum absolute atomic E-state index is 11.2. The number of carboxylic acids is 1. The molecule has 1 aromatic heterocycles. The van der Waals surface area contributed by atoms with E-state index in [0.717, 1.165) is 0 Å². The highest BCUT2D eigenvalue weighted by atomic mass is 35.5. The molecule has 0 radical (unpaired) electrons. The average molecular weight is 264 g/mol. The van der Waals surface area contributed by atoms with Crippen LogP contribution in [0.15, 0.2) is 48.8 Å². The first-order valence-electron chi connectivity index (χ1n) is 5.22. The molecule has 0 saturated heterocycles. The lowest BCUT2D eigenvalue weighted by Crippen LogP contribution is -2.18. The summed E-state index contributed by atoms with van der Waals surface area (Å²) in [6.07, 6.45) is 1.80. The Kier molecular flexibility index (Phi) is 3.79. The first kappa shape index (κ1) is 12.4. The second-order valence-electron chi connectivity index (χ2n) is 3.55. The van der Waals surface area contributed by atoms with Crippen molar-refractivity contribution in [3.05, 3.63) is 59.4 Å². The van der Waals surface area contributed by atoms with Gasteiger partial charge in [0.2, 0.25) is 6.10 Å². The lowest BCUT2D eigenvalue weighted by atomic mass is 10.1. The molecule has 0 aliphatic rings. The Bertz CT molecular complexity index is 545. The zero-order valence-electron chi connectivity index (χ0n) is 9.29. The number of aromatic nitrogens is 1. The van der Waals surface area contributed by atoms with Gasteiger partial charge in [0.15, 0.2) is 0 Å². The Balaban J connectivity index is 2.28. The number of halogens is 1. The number of nitrogens with zero attached hydrogens (tertiary/aromatic N) is 1. The molecular weight excluding hydrogens is 254 g/mol. The average Bonchev–Trinajstić information content (AvgIpc) is 2.38. The molecule has 1 N–H and O–H groups in total. The number of rotatable bonds is 4. The van der Waals surface area contributed by atoms with Crippen LogP contribution in [0.25, 0.3) is 0 Å². The van der Waals surface area contributed by atoms with Crippen molar-refractivity contribution >= 4 is 17.6 Å². The van der Waals surface area contributed by atoms with Crippen molar-refractivity contribution in [1.29, 1.82) is 0 Å². The van der Waals surface area contributed by atoms with Gasteiger partial charge in [-0.2, -0.15) is 0 Å². The van der Waals surface area contributed by atoms with E-state index in [2.05, 4.69) is 4.98 Å². The quantitative estimate of drug-likeness (QED) is 0.921. The fourth-order valence-corrected chi connectivity index (χ4v) is 1.64. The standard InChI is InChI=1S/C13H10ClNO3/c14-10-8-15-7-6-11(10)18-12(13(16)17)9-4-2-1-3-5-9/h1-8,12H,(H,16,17). The molecule has 1 heterocycles. The molecular formula is C13H10ClNO3. The summed E-state index contributed by atoms with van der Waals surface area (Å²) in [5.41, 5.74) is 0.554. The molecule has 0 amide bonds. The number of aliphatic carboxylic acids is 1. The van der Waals surface area contributed by atoms with Crippen LogP contribution >= 0.6 is 11.6 Å². The van der Waals surface area contributed by atoms with E-state index in [1.807, 2.05) is 6.07 Å². The second kappa shape index (κ2) is 5.51. The van der Waals surface area contributed by atoms with Crippen LogP contribution in [0.5, 0.6) is 5.75 Å². The number of pyridine rings is 1. The van der Waals surface area contributed by atoms with E-state index in [1.165, 1.54) is 18.5 Å². The Morgan fingerprint density at radius 3 is 2.61 bits per heavy atom. The number of benzene rings is 1. The Morgan fingerprint density at radius 2 is 2.00 bits per heavy atom. The molecule has 4 nitrogen and oxygen atoms in total. The summed E-state index contributed by atoms with van der Waals surface area (Å²) in [6.45, 7) is 0. The minimum Gasteiger partial charge on any atom is -0.478 e. The van der Waals surface area contributed by atoms with Crippen molar-refractivity contribution in [2.24, 2.45) is 0 Å². The molecule has 0 fully saturated rings. The highest BCUT2D eigenvalue weighted by Crippen LogP contribution is 2.28. The van der Waals surface area contributed by atoms with E-state index >= 15 is 0 Å². The molecule has 2 rings (SSSR count). The molecule has 18 heavy (non-hydrogen) atoms. The van der Waals surface area contributed by atoms with Crippen LogP contribution in [0.2, 0.25) is 5.02 Å². The van der Waals surface area contributed by atoms with Crippen LogP contribution in [-0.4, -0.2) is 16.1 Å². The van der Waals surface area contributed by atoms with Crippen molar-refractivity contribution in [2.75, 3.05) is 0 Å². The molecule has 92 valence electrons. The maximum atomic E-state index is 11.2. The first-order chi connectivity index (χ1) is 8.68. The summed E-state index contributed by atoms with van der Waals surface area (Å²) in [6, 6.07) is 10.2.